The van der Waals surface area contributed by atoms with Crippen molar-refractivity contribution in [2.45, 2.75) is 99.0 Å². The van der Waals surface area contributed by atoms with Gasteiger partial charge < -0.3 is 94.8 Å². The van der Waals surface area contributed by atoms with Crippen molar-refractivity contribution in [3.8, 4) is 40.1 Å². The fraction of sp³-hybridized carbons (Fsp3) is 0.545. The highest BCUT2D eigenvalue weighted by Gasteiger charge is 2.49. The SMILES string of the molecule is C[C@@H]1O[C@@H](OC[C@H]2O[C@@H](OC[C@H]3O[C@@H](Oc4cc5c(O)cc(O)cc5[o+]c4-c4ccc(O)c(O)c4)[C@H](O)[C@@H](O)[C@@H]3O)[C@H](O)[C@@H](O)[C@@H]2O)[C@H](O)[C@H](O)[C@H]1O. The molecule has 3 fully saturated rings. The molecular weight excluding hydrogens is 716 g/mol. The summed E-state index contributed by atoms with van der Waals surface area (Å²) in [6.45, 7) is 0.169. The van der Waals surface area contributed by atoms with E-state index >= 15 is 0 Å². The molecule has 0 aliphatic carbocycles. The standard InChI is InChI=1S/C33H40O20/c1-10-21(38)24(41)27(44)31(49-10)47-8-19-22(39)25(42)28(45)32(52-19)48-9-20-23(40)26(43)29(46)33(53-20)51-18-7-13-15(36)5-12(34)6-17(13)50-30(18)11-2-3-14(35)16(37)4-11/h2-7,10,19-29,31-33,38-46H,8-9H2,1H3,(H3-,34,35,36,37)/p+1/t10-,19+,20+,21-,22+,23+,24+,25-,26-,27+,28+,29+,31+,32+,33+/m0/s1. The number of fused-ring (bicyclic) bond motifs is 1. The lowest BCUT2D eigenvalue weighted by molar-refractivity contribution is -0.337. The zero-order chi connectivity index (χ0) is 38.5. The Bertz CT molecular complexity index is 1740. The van der Waals surface area contributed by atoms with Crippen molar-refractivity contribution in [1.82, 2.24) is 0 Å². The second-order valence-corrected chi connectivity index (χ2v) is 13.0. The average Bonchev–Trinajstić information content (AvgIpc) is 3.12. The van der Waals surface area contributed by atoms with Gasteiger partial charge in [0.15, 0.2) is 24.1 Å². The van der Waals surface area contributed by atoms with Crippen LogP contribution in [0, 0.1) is 0 Å². The number of aliphatic hydroxyl groups is 9. The first-order valence-electron chi connectivity index (χ1n) is 16.4. The number of hydrogen-bond donors (Lipinski definition) is 13. The number of aromatic hydroxyl groups is 4. The summed E-state index contributed by atoms with van der Waals surface area (Å²) in [5.74, 6) is -2.19. The van der Waals surface area contributed by atoms with E-state index < -0.39 is 123 Å². The van der Waals surface area contributed by atoms with Crippen LogP contribution in [0.15, 0.2) is 40.8 Å². The van der Waals surface area contributed by atoms with Crippen molar-refractivity contribution in [2.24, 2.45) is 0 Å². The van der Waals surface area contributed by atoms with Crippen molar-refractivity contribution in [3.05, 3.63) is 36.4 Å². The quantitative estimate of drug-likeness (QED) is 0.0767. The van der Waals surface area contributed by atoms with Crippen LogP contribution in [0.1, 0.15) is 6.92 Å². The first-order chi connectivity index (χ1) is 25.0. The highest BCUT2D eigenvalue weighted by Crippen LogP contribution is 2.42. The molecule has 6 rings (SSSR count). The smallest absolute Gasteiger partial charge is 0.402 e. The van der Waals surface area contributed by atoms with E-state index in [1.807, 2.05) is 0 Å². The molecule has 0 radical (unpaired) electrons. The maximum Gasteiger partial charge on any atom is 0.402 e. The molecule has 3 aliphatic rings. The van der Waals surface area contributed by atoms with Crippen molar-refractivity contribution in [2.75, 3.05) is 13.2 Å². The van der Waals surface area contributed by atoms with Crippen LogP contribution in [0.5, 0.6) is 28.7 Å². The molecule has 15 atom stereocenters. The molecule has 13 N–H and O–H groups in total. The van der Waals surface area contributed by atoms with E-state index in [-0.39, 0.29) is 33.8 Å². The lowest BCUT2D eigenvalue weighted by Crippen LogP contribution is -2.62. The molecule has 0 bridgehead atoms. The van der Waals surface area contributed by atoms with E-state index in [1.54, 1.807) is 0 Å². The molecule has 53 heavy (non-hydrogen) atoms. The number of phenols is 4. The van der Waals surface area contributed by atoms with E-state index in [0.717, 1.165) is 18.2 Å². The summed E-state index contributed by atoms with van der Waals surface area (Å²) in [4.78, 5) is 0. The van der Waals surface area contributed by atoms with E-state index in [0.29, 0.717) is 0 Å². The minimum Gasteiger partial charge on any atom is -0.507 e. The lowest BCUT2D eigenvalue weighted by atomic mass is 9.98. The topological polar surface area (TPSA) is 330 Å². The van der Waals surface area contributed by atoms with Crippen LogP contribution >= 0.6 is 0 Å². The Morgan fingerprint density at radius 1 is 0.566 bits per heavy atom. The van der Waals surface area contributed by atoms with Gasteiger partial charge in [-0.25, -0.2) is 4.42 Å². The Hall–Kier alpha value is -3.71. The van der Waals surface area contributed by atoms with Crippen LogP contribution in [0.25, 0.3) is 22.3 Å². The van der Waals surface area contributed by atoms with Crippen LogP contribution < -0.4 is 4.74 Å². The number of benzene rings is 2. The summed E-state index contributed by atoms with van der Waals surface area (Å²) >= 11 is 0. The maximum absolute atomic E-state index is 10.8. The second-order valence-electron chi connectivity index (χ2n) is 13.0. The van der Waals surface area contributed by atoms with E-state index in [2.05, 4.69) is 0 Å². The van der Waals surface area contributed by atoms with Gasteiger partial charge in [0, 0.05) is 18.2 Å². The molecule has 3 aliphatic heterocycles. The first-order valence-corrected chi connectivity index (χ1v) is 16.4. The molecule has 3 saturated heterocycles. The molecule has 0 spiro atoms. The van der Waals surface area contributed by atoms with Gasteiger partial charge in [0.25, 0.3) is 0 Å². The molecule has 0 amide bonds. The Kier molecular flexibility index (Phi) is 11.5. The van der Waals surface area contributed by atoms with Crippen LogP contribution in [-0.4, -0.2) is 172 Å². The molecule has 0 unspecified atom stereocenters. The molecule has 292 valence electrons. The summed E-state index contributed by atoms with van der Waals surface area (Å²) in [6.07, 6.45) is -24.7. The molecule has 3 aromatic rings. The number of aliphatic hydroxyl groups excluding tert-OH is 9. The molecule has 1 aromatic heterocycles. The minimum absolute atomic E-state index is 0.0193. The summed E-state index contributed by atoms with van der Waals surface area (Å²) < 4.78 is 39.5. The highest BCUT2D eigenvalue weighted by molar-refractivity contribution is 5.88. The predicted molar refractivity (Wildman–Crippen MR) is 171 cm³/mol. The van der Waals surface area contributed by atoms with Crippen molar-refractivity contribution >= 4 is 11.0 Å². The first kappa shape index (κ1) is 39.0. The van der Waals surface area contributed by atoms with Crippen molar-refractivity contribution < 1.29 is 99.2 Å². The largest absolute Gasteiger partial charge is 0.507 e. The number of hydrogen-bond acceptors (Lipinski definition) is 19. The zero-order valence-electron chi connectivity index (χ0n) is 27.7. The maximum atomic E-state index is 10.8. The lowest BCUT2D eigenvalue weighted by Gasteiger charge is -2.43. The van der Waals surface area contributed by atoms with Crippen LogP contribution in [0.2, 0.25) is 0 Å². The van der Waals surface area contributed by atoms with Gasteiger partial charge in [0.1, 0.15) is 84.0 Å². The van der Waals surface area contributed by atoms with Crippen molar-refractivity contribution in [1.29, 1.82) is 0 Å². The normalized spacial score (nSPS) is 37.8. The third kappa shape index (κ3) is 7.78. The van der Waals surface area contributed by atoms with Gasteiger partial charge in [-0.05, 0) is 19.1 Å². The fourth-order valence-corrected chi connectivity index (χ4v) is 6.14. The second kappa shape index (κ2) is 15.6. The van der Waals surface area contributed by atoms with Crippen LogP contribution in [0.3, 0.4) is 0 Å². The van der Waals surface area contributed by atoms with Crippen molar-refractivity contribution in [3.63, 3.8) is 0 Å². The van der Waals surface area contributed by atoms with Gasteiger partial charge in [0.2, 0.25) is 12.0 Å². The monoisotopic (exact) mass is 757 g/mol. The highest BCUT2D eigenvalue weighted by atomic mass is 16.7. The van der Waals surface area contributed by atoms with Gasteiger partial charge >= 0.3 is 11.3 Å². The summed E-state index contributed by atoms with van der Waals surface area (Å²) in [5, 5.41) is 135. The van der Waals surface area contributed by atoms with Gasteiger partial charge in [-0.15, -0.1) is 0 Å². The number of rotatable bonds is 9. The summed E-state index contributed by atoms with van der Waals surface area (Å²) in [5.41, 5.74) is 0.0704. The van der Waals surface area contributed by atoms with E-state index in [1.165, 1.54) is 25.1 Å². The zero-order valence-corrected chi connectivity index (χ0v) is 27.7. The Labute approximate surface area is 299 Å². The number of ether oxygens (including phenoxy) is 6. The Morgan fingerprint density at radius 2 is 1.11 bits per heavy atom. The molecule has 0 saturated carbocycles. The molecule has 4 heterocycles. The van der Waals surface area contributed by atoms with Gasteiger partial charge in [-0.3, -0.25) is 0 Å². The van der Waals surface area contributed by atoms with Crippen LogP contribution in [-0.2, 0) is 23.7 Å². The minimum atomic E-state index is -1.92. The van der Waals surface area contributed by atoms with Gasteiger partial charge in [-0.1, -0.05) is 0 Å². The predicted octanol–water partition coefficient (Wildman–Crippen LogP) is -2.94. The summed E-state index contributed by atoms with van der Waals surface area (Å²) in [6, 6.07) is 7.03. The molecule has 20 nitrogen and oxygen atoms in total. The van der Waals surface area contributed by atoms with E-state index in [4.69, 9.17) is 32.8 Å². The van der Waals surface area contributed by atoms with Crippen LogP contribution in [0.4, 0.5) is 0 Å². The van der Waals surface area contributed by atoms with E-state index in [9.17, 15) is 66.4 Å². The number of phenolic OH excluding ortho intramolecular Hbond substituents is 4. The van der Waals surface area contributed by atoms with Gasteiger partial charge in [-0.2, -0.15) is 0 Å². The molecular formula is C33H41O20+. The summed E-state index contributed by atoms with van der Waals surface area (Å²) in [7, 11) is 0. The molecule has 2 aromatic carbocycles. The third-order valence-corrected chi connectivity index (χ3v) is 9.29. The Balaban J connectivity index is 1.18. The van der Waals surface area contributed by atoms with Gasteiger partial charge in [0.05, 0.1) is 30.9 Å². The average molecular weight is 758 g/mol. The third-order valence-electron chi connectivity index (χ3n) is 9.29. The Morgan fingerprint density at radius 3 is 1.72 bits per heavy atom. The fourth-order valence-electron chi connectivity index (χ4n) is 6.14. The molecule has 20 heteroatoms.